The van der Waals surface area contributed by atoms with E-state index in [1.807, 2.05) is 46.7 Å². The van der Waals surface area contributed by atoms with Gasteiger partial charge in [0, 0.05) is 25.7 Å². The minimum Gasteiger partial charge on any atom is -0.337 e. The zero-order valence-electron chi connectivity index (χ0n) is 21.3. The minimum atomic E-state index is -0.463. The summed E-state index contributed by atoms with van der Waals surface area (Å²) >= 11 is 7.67. The number of thiazole rings is 1. The summed E-state index contributed by atoms with van der Waals surface area (Å²) in [5.74, 6) is -0.569. The lowest BCUT2D eigenvalue weighted by atomic mass is 10.1. The highest BCUT2D eigenvalue weighted by atomic mass is 35.5. The highest BCUT2D eigenvalue weighted by Gasteiger charge is 2.28. The highest BCUT2D eigenvalue weighted by Crippen LogP contribution is 2.34. The van der Waals surface area contributed by atoms with Crippen LogP contribution in [-0.4, -0.2) is 75.8 Å². The van der Waals surface area contributed by atoms with Crippen LogP contribution in [0.3, 0.4) is 0 Å². The normalized spacial score (nSPS) is 16.1. The summed E-state index contributed by atoms with van der Waals surface area (Å²) < 4.78 is 1.93. The van der Waals surface area contributed by atoms with Gasteiger partial charge in [-0.3, -0.25) is 19.7 Å². The number of hydrogen-bond acceptors (Lipinski definition) is 7. The van der Waals surface area contributed by atoms with Crippen LogP contribution in [0.5, 0.6) is 0 Å². The molecule has 1 saturated heterocycles. The summed E-state index contributed by atoms with van der Waals surface area (Å²) in [7, 11) is 3.90. The van der Waals surface area contributed by atoms with Crippen LogP contribution in [0, 0.1) is 0 Å². The van der Waals surface area contributed by atoms with E-state index in [2.05, 4.69) is 27.2 Å². The second-order valence-corrected chi connectivity index (χ2v) is 10.6. The van der Waals surface area contributed by atoms with Gasteiger partial charge in [0.05, 0.1) is 28.3 Å². The molecule has 1 fully saturated rings. The summed E-state index contributed by atoms with van der Waals surface area (Å²) in [4.78, 5) is 50.3. The molecule has 1 atom stereocenters. The van der Waals surface area contributed by atoms with E-state index in [0.29, 0.717) is 46.6 Å². The molecule has 2 N–H and O–H groups in total. The van der Waals surface area contributed by atoms with Crippen molar-refractivity contribution >= 4 is 62.6 Å². The molecule has 0 spiro atoms. The van der Waals surface area contributed by atoms with Gasteiger partial charge in [-0.2, -0.15) is 0 Å². The second-order valence-electron chi connectivity index (χ2n) is 9.19. The van der Waals surface area contributed by atoms with Crippen molar-refractivity contribution in [2.45, 2.75) is 25.3 Å². The summed E-state index contributed by atoms with van der Waals surface area (Å²) in [5.41, 5.74) is 1.34. The summed E-state index contributed by atoms with van der Waals surface area (Å²) in [5, 5.41) is 6.58. The molecule has 1 aliphatic rings. The van der Waals surface area contributed by atoms with Gasteiger partial charge < -0.3 is 19.7 Å². The van der Waals surface area contributed by atoms with Gasteiger partial charge >= 0.3 is 0 Å². The smallest absolute Gasteiger partial charge is 0.287 e. The topological polar surface area (TPSA) is 112 Å². The van der Waals surface area contributed by atoms with E-state index in [1.165, 1.54) is 6.20 Å². The van der Waals surface area contributed by atoms with Crippen molar-refractivity contribution in [1.82, 2.24) is 24.3 Å². The van der Waals surface area contributed by atoms with Crippen LogP contribution in [0.2, 0.25) is 5.02 Å². The Morgan fingerprint density at radius 2 is 2.08 bits per heavy atom. The molecule has 0 radical (unpaired) electrons. The number of imidazole rings is 1. The molecule has 4 rings (SSSR count). The molecule has 2 aromatic heterocycles. The van der Waals surface area contributed by atoms with E-state index in [1.54, 1.807) is 12.1 Å². The van der Waals surface area contributed by atoms with Crippen LogP contribution in [0.4, 0.5) is 10.9 Å². The first-order chi connectivity index (χ1) is 18.3. The average Bonchev–Trinajstić information content (AvgIpc) is 3.41. The fraction of sp³-hybridized carbons (Fsp3) is 0.346. The van der Waals surface area contributed by atoms with Crippen molar-refractivity contribution in [2.24, 2.45) is 0 Å². The Kier molecular flexibility index (Phi) is 8.93. The molecule has 3 amide bonds. The second kappa shape index (κ2) is 12.3. The molecule has 12 heteroatoms. The van der Waals surface area contributed by atoms with Crippen molar-refractivity contribution in [1.29, 1.82) is 0 Å². The lowest BCUT2D eigenvalue weighted by Crippen LogP contribution is -2.34. The van der Waals surface area contributed by atoms with Gasteiger partial charge in [0.25, 0.3) is 5.91 Å². The van der Waals surface area contributed by atoms with Gasteiger partial charge in [0.2, 0.25) is 17.8 Å². The van der Waals surface area contributed by atoms with Crippen LogP contribution >= 0.6 is 22.9 Å². The van der Waals surface area contributed by atoms with Crippen molar-refractivity contribution in [3.63, 3.8) is 0 Å². The van der Waals surface area contributed by atoms with Crippen LogP contribution in [-0.2, 0) is 9.59 Å². The summed E-state index contributed by atoms with van der Waals surface area (Å²) in [6.07, 6.45) is 8.62. The Labute approximate surface area is 230 Å². The number of carbonyl (C=O) groups is 3. The maximum Gasteiger partial charge on any atom is 0.287 e. The molecule has 0 aliphatic carbocycles. The maximum atomic E-state index is 13.1. The molecule has 0 unspecified atom stereocenters. The Balaban J connectivity index is 1.63. The van der Waals surface area contributed by atoms with Gasteiger partial charge in [-0.25, -0.2) is 9.97 Å². The number of amides is 3. The third-order valence-electron chi connectivity index (χ3n) is 6.07. The number of anilines is 2. The Morgan fingerprint density at radius 1 is 1.26 bits per heavy atom. The van der Waals surface area contributed by atoms with Gasteiger partial charge in [0.1, 0.15) is 5.00 Å². The molecule has 38 heavy (non-hydrogen) atoms. The number of fused-ring (bicyclic) bond motifs is 1. The highest BCUT2D eigenvalue weighted by molar-refractivity contribution is 7.17. The lowest BCUT2D eigenvalue weighted by Gasteiger charge is -2.26. The van der Waals surface area contributed by atoms with Crippen molar-refractivity contribution in [3.8, 4) is 0 Å². The predicted molar refractivity (Wildman–Crippen MR) is 151 cm³/mol. The third-order valence-corrected chi connectivity index (χ3v) is 7.29. The molecular formula is C26H30ClN7O3S. The Morgan fingerprint density at radius 3 is 2.84 bits per heavy atom. The van der Waals surface area contributed by atoms with Crippen molar-refractivity contribution in [2.75, 3.05) is 44.4 Å². The standard InChI is InChI=1S/C26H30ClN7O3S/c1-4-20(35)30-21-15-28-25(38-21)24(37)31-26-29-19-11-7-10-18(27)23(19)34(26)17-9-5-6-14-33(16-17)22(36)12-8-13-32(2)3/h4,7-8,10-12,15,17H,1,5-6,9,13-14,16H2,2-3H3,(H,30,35)(H,29,31,37)/b12-8+/t17-/m1/s1. The number of likely N-dealkylation sites (N-methyl/N-ethyl adjacent to an activating group) is 1. The quantitative estimate of drug-likeness (QED) is 0.403. The van der Waals surface area contributed by atoms with Crippen LogP contribution in [0.25, 0.3) is 11.0 Å². The van der Waals surface area contributed by atoms with Gasteiger partial charge in [-0.1, -0.05) is 41.7 Å². The fourth-order valence-corrected chi connectivity index (χ4v) is 5.29. The number of benzene rings is 1. The van der Waals surface area contributed by atoms with Gasteiger partial charge in [-0.05, 0) is 51.6 Å². The maximum absolute atomic E-state index is 13.1. The first-order valence-electron chi connectivity index (χ1n) is 12.2. The number of likely N-dealkylation sites (tertiary alicyclic amines) is 1. The van der Waals surface area contributed by atoms with Crippen LogP contribution < -0.4 is 10.6 Å². The van der Waals surface area contributed by atoms with E-state index in [-0.39, 0.29) is 22.9 Å². The number of para-hydroxylation sites is 1. The number of halogens is 1. The van der Waals surface area contributed by atoms with Crippen LogP contribution in [0.15, 0.2) is 49.2 Å². The van der Waals surface area contributed by atoms with Gasteiger partial charge in [-0.15, -0.1) is 0 Å². The third kappa shape index (κ3) is 6.47. The van der Waals surface area contributed by atoms with E-state index >= 15 is 0 Å². The molecule has 0 bridgehead atoms. The molecule has 10 nitrogen and oxygen atoms in total. The summed E-state index contributed by atoms with van der Waals surface area (Å²) in [6.45, 7) is 5.21. The molecule has 1 aromatic carbocycles. The molecular weight excluding hydrogens is 526 g/mol. The summed E-state index contributed by atoms with van der Waals surface area (Å²) in [6, 6.07) is 5.28. The van der Waals surface area contributed by atoms with Gasteiger partial charge in [0.15, 0.2) is 5.01 Å². The number of rotatable bonds is 8. The average molecular weight is 556 g/mol. The lowest BCUT2D eigenvalue weighted by molar-refractivity contribution is -0.126. The number of aromatic nitrogens is 3. The Hall–Kier alpha value is -3.54. The molecule has 1 aliphatic heterocycles. The van der Waals surface area contributed by atoms with Crippen molar-refractivity contribution < 1.29 is 14.4 Å². The SMILES string of the molecule is C=CC(=O)Nc1cnc(C(=O)Nc2nc3cccc(Cl)c3n2[C@@H]2CCCCN(C(=O)/C=C/CN(C)C)C2)s1. The minimum absolute atomic E-state index is 0.0447. The fourth-order valence-electron chi connectivity index (χ4n) is 4.31. The monoisotopic (exact) mass is 555 g/mol. The Bertz CT molecular complexity index is 1380. The predicted octanol–water partition coefficient (Wildman–Crippen LogP) is 4.19. The molecule has 0 saturated carbocycles. The first kappa shape index (κ1) is 27.5. The first-order valence-corrected chi connectivity index (χ1v) is 13.4. The molecule has 200 valence electrons. The number of nitrogens with zero attached hydrogens (tertiary/aromatic N) is 5. The van der Waals surface area contributed by atoms with E-state index < -0.39 is 5.91 Å². The number of carbonyl (C=O) groups excluding carboxylic acids is 3. The van der Waals surface area contributed by atoms with E-state index in [9.17, 15) is 14.4 Å². The van der Waals surface area contributed by atoms with Crippen molar-refractivity contribution in [3.05, 3.63) is 59.2 Å². The zero-order chi connectivity index (χ0) is 27.2. The molecule has 3 aromatic rings. The van der Waals surface area contributed by atoms with E-state index in [0.717, 1.165) is 36.7 Å². The van der Waals surface area contributed by atoms with Crippen LogP contribution in [0.1, 0.15) is 35.1 Å². The van der Waals surface area contributed by atoms with E-state index in [4.69, 9.17) is 11.6 Å². The molecule has 3 heterocycles. The number of nitrogens with one attached hydrogen (secondary N) is 2. The zero-order valence-corrected chi connectivity index (χ0v) is 22.9. The largest absolute Gasteiger partial charge is 0.337 e. The number of hydrogen-bond donors (Lipinski definition) is 2.